The number of fused-ring (bicyclic) bond motifs is 6. The van der Waals surface area contributed by atoms with Crippen molar-refractivity contribution in [1.29, 1.82) is 0 Å². The second kappa shape index (κ2) is 19.1. The van der Waals surface area contributed by atoms with Crippen LogP contribution in [0, 0.1) is 46.3 Å². The van der Waals surface area contributed by atoms with Gasteiger partial charge in [-0.2, -0.15) is 0 Å². The molecule has 0 aromatic rings. The molecule has 2 aliphatic heterocycles. The molecular formula is C44H66ClN2O6S2-. The molecular weight excluding hydrogens is 752 g/mol. The number of likely N-dealkylation sites (tertiary alicyclic amines) is 1. The van der Waals surface area contributed by atoms with E-state index >= 15 is 0 Å². The fourth-order valence-electron chi connectivity index (χ4n) is 13.5. The van der Waals surface area contributed by atoms with Crippen molar-refractivity contribution in [2.24, 2.45) is 46.3 Å². The predicted octanol–water partition coefficient (Wildman–Crippen LogP) is 10.5. The number of allylic oxidation sites excluding steroid dienone is 8. The number of halogens is 1. The summed E-state index contributed by atoms with van der Waals surface area (Å²) < 4.78 is 11.2. The Bertz CT molecular complexity index is 1490. The molecule has 7 rings (SSSR count). The molecule has 1 saturated heterocycles. The summed E-state index contributed by atoms with van der Waals surface area (Å²) in [5, 5.41) is 10.1. The fourth-order valence-corrected chi connectivity index (χ4v) is 13.9. The molecule has 8 nitrogen and oxygen atoms in total. The van der Waals surface area contributed by atoms with Crippen LogP contribution in [-0.4, -0.2) is 53.6 Å². The van der Waals surface area contributed by atoms with E-state index in [4.69, 9.17) is 21.4 Å². The molecule has 0 N–H and O–H groups in total. The third-order valence-electron chi connectivity index (χ3n) is 15.5. The Hall–Kier alpha value is -0.820. The van der Waals surface area contributed by atoms with Gasteiger partial charge in [-0.25, -0.2) is 14.4 Å². The lowest BCUT2D eigenvalue weighted by atomic mass is 9.57. The number of nitrogens with zero attached hydrogens (tertiary/aromatic N) is 2. The van der Waals surface area contributed by atoms with Gasteiger partial charge in [0, 0.05) is 53.6 Å². The topological polar surface area (TPSA) is 61.6 Å². The lowest BCUT2D eigenvalue weighted by Gasteiger charge is -2.47. The summed E-state index contributed by atoms with van der Waals surface area (Å²) in [7, 11) is 0. The highest BCUT2D eigenvalue weighted by Crippen LogP contribution is 2.60. The van der Waals surface area contributed by atoms with Crippen LogP contribution < -0.4 is 0 Å². The van der Waals surface area contributed by atoms with Crippen LogP contribution in [-0.2, 0) is 54.3 Å². The molecule has 0 amide bonds. The molecule has 5 fully saturated rings. The van der Waals surface area contributed by atoms with Gasteiger partial charge in [0.1, 0.15) is 6.54 Å². The van der Waals surface area contributed by atoms with Gasteiger partial charge in [0.25, 0.3) is 0 Å². The molecule has 7 aliphatic rings. The quantitative estimate of drug-likeness (QED) is 0.0529. The zero-order valence-electron chi connectivity index (χ0n) is 33.8. The Kier molecular flexibility index (Phi) is 14.7. The van der Waals surface area contributed by atoms with Crippen molar-refractivity contribution >= 4 is 43.1 Å². The Labute approximate surface area is 347 Å². The summed E-state index contributed by atoms with van der Waals surface area (Å²) in [6.45, 7) is 12.8. The van der Waals surface area contributed by atoms with Crippen molar-refractivity contribution in [2.75, 3.05) is 26.3 Å². The first-order valence-corrected chi connectivity index (χ1v) is 22.8. The summed E-state index contributed by atoms with van der Waals surface area (Å²) in [5.41, 5.74) is 5.57. The normalized spacial score (nSPS) is 35.8. The summed E-state index contributed by atoms with van der Waals surface area (Å²) in [6.07, 6.45) is 30.7. The van der Waals surface area contributed by atoms with Crippen LogP contribution in [0.4, 0.5) is 0 Å². The first-order chi connectivity index (χ1) is 26.7. The van der Waals surface area contributed by atoms with Gasteiger partial charge in [-0.3, -0.25) is 0 Å². The Morgan fingerprint density at radius 3 is 2.09 bits per heavy atom. The number of rotatable bonds is 15. The van der Waals surface area contributed by atoms with E-state index in [1.807, 2.05) is 0 Å². The smallest absolute Gasteiger partial charge is 0.182 e. The standard InChI is InChI=1S/C44H67ClN2O6S2/c1-43(2)38(46(26-10-28-48-50-52-54)36-22-18-30-12-5-7-16-34(30)40(36)43)24-20-32-14-9-15-33(42(32)45)21-25-39-44(3,4)41-35-17-8-6-13-31(35)19-23-37(41)47(39)27-11-29-49-51-53-55/h20-21,24-25,30-31,34-37,40-41H,5-19,22-23,26-29H2,1-4H3,(H-,54,55)/p-1. The third-order valence-corrected chi connectivity index (χ3v) is 16.1. The molecule has 4 saturated carbocycles. The summed E-state index contributed by atoms with van der Waals surface area (Å²) in [5.74, 6) is 4.69. The van der Waals surface area contributed by atoms with Gasteiger partial charge >= 0.3 is 0 Å². The largest absolute Gasteiger partial charge is 0.579 e. The highest BCUT2D eigenvalue weighted by molar-refractivity contribution is 7.53. The van der Waals surface area contributed by atoms with E-state index < -0.39 is 0 Å². The van der Waals surface area contributed by atoms with Crippen LogP contribution in [0.25, 0.3) is 0 Å². The van der Waals surface area contributed by atoms with Gasteiger partial charge < -0.3 is 39.4 Å². The Balaban J connectivity index is 1.16. The highest BCUT2D eigenvalue weighted by atomic mass is 35.5. The minimum absolute atomic E-state index is 0.0783. The van der Waals surface area contributed by atoms with Crippen molar-refractivity contribution < 1.29 is 33.1 Å². The molecule has 8 atom stereocenters. The van der Waals surface area contributed by atoms with Crippen molar-refractivity contribution in [3.8, 4) is 0 Å². The summed E-state index contributed by atoms with van der Waals surface area (Å²) in [4.78, 5) is 13.0. The van der Waals surface area contributed by atoms with Crippen LogP contribution >= 0.6 is 11.6 Å². The van der Waals surface area contributed by atoms with E-state index in [9.17, 15) is 0 Å². The molecule has 0 aromatic heterocycles. The highest BCUT2D eigenvalue weighted by Gasteiger charge is 2.60. The van der Waals surface area contributed by atoms with Crippen LogP contribution in [0.5, 0.6) is 0 Å². The maximum absolute atomic E-state index is 7.42. The van der Waals surface area contributed by atoms with E-state index in [1.165, 1.54) is 99.6 Å². The van der Waals surface area contributed by atoms with Crippen LogP contribution in [0.15, 0.2) is 46.2 Å². The van der Waals surface area contributed by atoms with E-state index in [0.717, 1.165) is 73.9 Å². The molecule has 0 aromatic carbocycles. The zero-order valence-corrected chi connectivity index (χ0v) is 36.2. The predicted molar refractivity (Wildman–Crippen MR) is 221 cm³/mol. The van der Waals surface area contributed by atoms with Crippen LogP contribution in [0.2, 0.25) is 0 Å². The van der Waals surface area contributed by atoms with Gasteiger partial charge in [-0.1, -0.05) is 86.2 Å². The van der Waals surface area contributed by atoms with Gasteiger partial charge in [0.2, 0.25) is 0 Å². The van der Waals surface area contributed by atoms with Crippen LogP contribution in [0.3, 0.4) is 0 Å². The SMILES string of the molecule is CC1(C)C(/C=C/C2=C(Cl)C(=C/C=C3/N(CCCOOO[S-])C4CCC5CCCCC5C4C3(C)C)/CCC2)=[N+](CCCOOO[S-])C2CCC3CCCCC3C21. The Morgan fingerprint density at radius 1 is 0.727 bits per heavy atom. The van der Waals surface area contributed by atoms with E-state index in [2.05, 4.69) is 106 Å². The van der Waals surface area contributed by atoms with Gasteiger partial charge in [-0.05, 0) is 118 Å². The van der Waals surface area contributed by atoms with Crippen molar-refractivity contribution in [3.63, 3.8) is 0 Å². The molecule has 0 spiro atoms. The number of hydrogen-bond acceptors (Lipinski definition) is 9. The maximum Gasteiger partial charge on any atom is 0.182 e. The average molecular weight is 819 g/mol. The average Bonchev–Trinajstić information content (AvgIpc) is 3.54. The van der Waals surface area contributed by atoms with E-state index in [0.29, 0.717) is 37.1 Å². The van der Waals surface area contributed by atoms with Crippen molar-refractivity contribution in [3.05, 3.63) is 46.2 Å². The Morgan fingerprint density at radius 2 is 1.38 bits per heavy atom. The van der Waals surface area contributed by atoms with E-state index in [-0.39, 0.29) is 10.8 Å². The molecule has 55 heavy (non-hydrogen) atoms. The molecule has 0 radical (unpaired) electrons. The molecule has 0 bridgehead atoms. The summed E-state index contributed by atoms with van der Waals surface area (Å²) in [6, 6.07) is 1.12. The van der Waals surface area contributed by atoms with Crippen molar-refractivity contribution in [1.82, 2.24) is 4.90 Å². The second-order valence-electron chi connectivity index (χ2n) is 18.9. The third kappa shape index (κ3) is 8.89. The molecule has 308 valence electrons. The number of hydrogen-bond donors (Lipinski definition) is 0. The maximum atomic E-state index is 7.42. The first kappa shape index (κ1) is 42.3. The molecule has 8 unspecified atom stereocenters. The molecule has 11 heteroatoms. The van der Waals surface area contributed by atoms with E-state index in [1.54, 1.807) is 0 Å². The van der Waals surface area contributed by atoms with Crippen molar-refractivity contribution in [2.45, 2.75) is 149 Å². The summed E-state index contributed by atoms with van der Waals surface area (Å²) >= 11 is 16.3. The molecule has 5 aliphatic carbocycles. The van der Waals surface area contributed by atoms with Gasteiger partial charge in [0.15, 0.2) is 11.8 Å². The zero-order chi connectivity index (χ0) is 38.6. The monoisotopic (exact) mass is 817 g/mol. The second-order valence-corrected chi connectivity index (χ2v) is 19.5. The minimum atomic E-state index is 0.0783. The lowest BCUT2D eigenvalue weighted by Crippen LogP contribution is -2.46. The molecule has 2 heterocycles. The van der Waals surface area contributed by atoms with Crippen LogP contribution in [0.1, 0.15) is 137 Å². The minimum Gasteiger partial charge on any atom is -0.579 e. The lowest BCUT2D eigenvalue weighted by molar-refractivity contribution is -0.571. The van der Waals surface area contributed by atoms with Gasteiger partial charge in [-0.15, -0.1) is 0 Å². The van der Waals surface area contributed by atoms with Gasteiger partial charge in [0.05, 0.1) is 18.6 Å². The fraction of sp³-hybridized carbons (Fsp3) is 0.795. The first-order valence-electron chi connectivity index (χ1n) is 21.7.